The van der Waals surface area contributed by atoms with E-state index in [2.05, 4.69) is 9.97 Å². The van der Waals surface area contributed by atoms with Gasteiger partial charge in [-0.3, -0.25) is 9.69 Å². The Balaban J connectivity index is 1.62. The highest BCUT2D eigenvalue weighted by molar-refractivity contribution is 8.27. The van der Waals surface area contributed by atoms with Crippen molar-refractivity contribution in [3.05, 3.63) is 94.5 Å². The van der Waals surface area contributed by atoms with Crippen LogP contribution in [-0.4, -0.2) is 20.2 Å². The molecular formula is C24H13ClFN3O2S2. The standard InChI is InChI=1S/C24H13ClFN3O2S2/c25-23-27-13-18(26)21(28-23)31-19-11-10-14-6-4-5-9-16(14)17(19)12-20-22(30)29(24(32)33-20)15-7-2-1-3-8-15/h1-13H/b20-12+. The lowest BCUT2D eigenvalue weighted by Gasteiger charge is -2.14. The summed E-state index contributed by atoms with van der Waals surface area (Å²) in [6.45, 7) is 0. The van der Waals surface area contributed by atoms with Crippen LogP contribution in [0.4, 0.5) is 10.1 Å². The van der Waals surface area contributed by atoms with Gasteiger partial charge in [-0.05, 0) is 46.6 Å². The van der Waals surface area contributed by atoms with Crippen molar-refractivity contribution >= 4 is 68.3 Å². The van der Waals surface area contributed by atoms with Gasteiger partial charge in [0, 0.05) is 5.56 Å². The lowest BCUT2D eigenvalue weighted by Crippen LogP contribution is -2.27. The first-order valence-corrected chi connectivity index (χ1v) is 11.3. The summed E-state index contributed by atoms with van der Waals surface area (Å²) in [4.78, 5) is 22.6. The van der Waals surface area contributed by atoms with Gasteiger partial charge >= 0.3 is 0 Å². The van der Waals surface area contributed by atoms with E-state index >= 15 is 0 Å². The molecule has 2 heterocycles. The Morgan fingerprint density at radius 2 is 1.82 bits per heavy atom. The molecule has 1 aliphatic rings. The summed E-state index contributed by atoms with van der Waals surface area (Å²) in [5.74, 6) is -0.996. The fraction of sp³-hybridized carbons (Fsp3) is 0. The number of anilines is 1. The molecule has 5 rings (SSSR count). The number of amides is 1. The smallest absolute Gasteiger partial charge is 0.270 e. The summed E-state index contributed by atoms with van der Waals surface area (Å²) in [5, 5.41) is 1.61. The van der Waals surface area contributed by atoms with Gasteiger partial charge in [0.2, 0.25) is 11.1 Å². The molecule has 1 amide bonds. The van der Waals surface area contributed by atoms with Crippen molar-refractivity contribution in [1.82, 2.24) is 9.97 Å². The summed E-state index contributed by atoms with van der Waals surface area (Å²) in [6.07, 6.45) is 2.65. The van der Waals surface area contributed by atoms with E-state index in [9.17, 15) is 9.18 Å². The number of ether oxygens (including phenoxy) is 1. The van der Waals surface area contributed by atoms with E-state index in [1.165, 1.54) is 16.7 Å². The Kier molecular flexibility index (Phi) is 5.80. The maximum atomic E-state index is 14.3. The van der Waals surface area contributed by atoms with Crippen molar-refractivity contribution in [3.63, 3.8) is 0 Å². The zero-order chi connectivity index (χ0) is 22.9. The fourth-order valence-electron chi connectivity index (χ4n) is 3.42. The van der Waals surface area contributed by atoms with Gasteiger partial charge in [0.15, 0.2) is 4.32 Å². The second-order valence-electron chi connectivity index (χ2n) is 6.95. The SMILES string of the molecule is O=C1/C(=C\c2c(Oc3nc(Cl)ncc3F)ccc3ccccc23)SC(=S)N1c1ccccc1. The largest absolute Gasteiger partial charge is 0.436 e. The molecule has 5 nitrogen and oxygen atoms in total. The number of nitrogens with zero attached hydrogens (tertiary/aromatic N) is 3. The molecule has 33 heavy (non-hydrogen) atoms. The Hall–Kier alpha value is -3.33. The quantitative estimate of drug-likeness (QED) is 0.181. The predicted molar refractivity (Wildman–Crippen MR) is 133 cm³/mol. The van der Waals surface area contributed by atoms with Gasteiger partial charge in [-0.25, -0.2) is 4.98 Å². The molecule has 1 fully saturated rings. The van der Waals surface area contributed by atoms with Crippen molar-refractivity contribution in [2.75, 3.05) is 4.90 Å². The van der Waals surface area contributed by atoms with Gasteiger partial charge in [-0.1, -0.05) is 72.5 Å². The van der Waals surface area contributed by atoms with Crippen LogP contribution in [0.3, 0.4) is 0 Å². The summed E-state index contributed by atoms with van der Waals surface area (Å²) < 4.78 is 20.5. The Labute approximate surface area is 202 Å². The number of aromatic nitrogens is 2. The van der Waals surface area contributed by atoms with Crippen molar-refractivity contribution < 1.29 is 13.9 Å². The first-order chi connectivity index (χ1) is 16.0. The number of fused-ring (bicyclic) bond motifs is 1. The maximum absolute atomic E-state index is 14.3. The molecule has 1 aliphatic heterocycles. The Bertz CT molecular complexity index is 1450. The van der Waals surface area contributed by atoms with E-state index in [0.717, 1.165) is 17.0 Å². The van der Waals surface area contributed by atoms with Gasteiger partial charge in [-0.2, -0.15) is 9.37 Å². The molecule has 0 bridgehead atoms. The molecular weight excluding hydrogens is 481 g/mol. The van der Waals surface area contributed by atoms with Crippen LogP contribution >= 0.6 is 35.6 Å². The zero-order valence-corrected chi connectivity index (χ0v) is 19.1. The summed E-state index contributed by atoms with van der Waals surface area (Å²) in [6, 6.07) is 20.4. The highest BCUT2D eigenvalue weighted by Gasteiger charge is 2.33. The molecule has 0 unspecified atom stereocenters. The molecule has 0 N–H and O–H groups in total. The van der Waals surface area contributed by atoms with Gasteiger partial charge < -0.3 is 4.74 Å². The van der Waals surface area contributed by atoms with E-state index in [1.54, 1.807) is 12.1 Å². The van der Waals surface area contributed by atoms with Crippen molar-refractivity contribution in [3.8, 4) is 11.6 Å². The lowest BCUT2D eigenvalue weighted by molar-refractivity contribution is -0.113. The molecule has 9 heteroatoms. The minimum Gasteiger partial charge on any atom is -0.436 e. The van der Waals surface area contributed by atoms with Crippen LogP contribution in [0.25, 0.3) is 16.8 Å². The molecule has 162 valence electrons. The average molecular weight is 494 g/mol. The third-order valence-corrected chi connectivity index (χ3v) is 6.39. The molecule has 0 spiro atoms. The average Bonchev–Trinajstić information content (AvgIpc) is 3.11. The number of thioether (sulfide) groups is 1. The number of carbonyl (C=O) groups is 1. The molecule has 0 saturated carbocycles. The van der Waals surface area contributed by atoms with Crippen molar-refractivity contribution in [2.24, 2.45) is 0 Å². The molecule has 0 aliphatic carbocycles. The van der Waals surface area contributed by atoms with E-state index in [0.29, 0.717) is 26.2 Å². The van der Waals surface area contributed by atoms with Crippen LogP contribution in [0, 0.1) is 5.82 Å². The second-order valence-corrected chi connectivity index (χ2v) is 8.96. The van der Waals surface area contributed by atoms with Crippen molar-refractivity contribution in [2.45, 2.75) is 0 Å². The number of carbonyl (C=O) groups excluding carboxylic acids is 1. The van der Waals surface area contributed by atoms with Gasteiger partial charge in [0.1, 0.15) is 5.75 Å². The topological polar surface area (TPSA) is 55.3 Å². The molecule has 0 radical (unpaired) electrons. The van der Waals surface area contributed by atoms with Gasteiger partial charge in [-0.15, -0.1) is 0 Å². The first kappa shape index (κ1) is 21.5. The van der Waals surface area contributed by atoms with Crippen molar-refractivity contribution in [1.29, 1.82) is 0 Å². The van der Waals surface area contributed by atoms with Crippen LogP contribution < -0.4 is 9.64 Å². The molecule has 1 aromatic heterocycles. The fourth-order valence-corrected chi connectivity index (χ4v) is 4.83. The maximum Gasteiger partial charge on any atom is 0.270 e. The molecule has 3 aromatic carbocycles. The highest BCUT2D eigenvalue weighted by atomic mass is 35.5. The van der Waals surface area contributed by atoms with E-state index in [1.807, 2.05) is 60.7 Å². The normalized spacial score (nSPS) is 15.0. The Morgan fingerprint density at radius 1 is 1.06 bits per heavy atom. The minimum absolute atomic E-state index is 0.141. The van der Waals surface area contributed by atoms with Crippen LogP contribution in [0.5, 0.6) is 11.6 Å². The van der Waals surface area contributed by atoms with Gasteiger partial charge in [0.25, 0.3) is 11.8 Å². The van der Waals surface area contributed by atoms with E-state index in [-0.39, 0.29) is 17.1 Å². The number of para-hydroxylation sites is 1. The number of hydrogen-bond donors (Lipinski definition) is 0. The van der Waals surface area contributed by atoms with Crippen LogP contribution in [-0.2, 0) is 4.79 Å². The Morgan fingerprint density at radius 3 is 2.64 bits per heavy atom. The summed E-state index contributed by atoms with van der Waals surface area (Å²) >= 11 is 12.5. The first-order valence-electron chi connectivity index (χ1n) is 9.72. The third-order valence-electron chi connectivity index (χ3n) is 4.90. The van der Waals surface area contributed by atoms with E-state index < -0.39 is 5.82 Å². The van der Waals surface area contributed by atoms with Crippen LogP contribution in [0.2, 0.25) is 5.28 Å². The number of hydrogen-bond acceptors (Lipinski definition) is 6. The van der Waals surface area contributed by atoms with Crippen LogP contribution in [0.1, 0.15) is 5.56 Å². The minimum atomic E-state index is -0.756. The number of halogens is 2. The predicted octanol–water partition coefficient (Wildman–Crippen LogP) is 6.62. The summed E-state index contributed by atoms with van der Waals surface area (Å²) in [7, 11) is 0. The zero-order valence-electron chi connectivity index (χ0n) is 16.7. The molecule has 0 atom stereocenters. The van der Waals surface area contributed by atoms with Crippen LogP contribution in [0.15, 0.2) is 77.8 Å². The molecule has 4 aromatic rings. The van der Waals surface area contributed by atoms with E-state index in [4.69, 9.17) is 28.6 Å². The molecule has 1 saturated heterocycles. The highest BCUT2D eigenvalue weighted by Crippen LogP contribution is 2.40. The lowest BCUT2D eigenvalue weighted by atomic mass is 10.0. The summed E-state index contributed by atoms with van der Waals surface area (Å²) in [5.41, 5.74) is 1.28. The second kappa shape index (κ2) is 8.90. The van der Waals surface area contributed by atoms with Gasteiger partial charge in [0.05, 0.1) is 16.8 Å². The monoisotopic (exact) mass is 493 g/mol. The third kappa shape index (κ3) is 4.20. The number of thiocarbonyl (C=S) groups is 1. The number of benzene rings is 3. The number of rotatable bonds is 4.